The summed E-state index contributed by atoms with van der Waals surface area (Å²) < 4.78 is 5.01. The molecule has 0 aliphatic heterocycles. The first-order valence-electron chi connectivity index (χ1n) is 10.9. The van der Waals surface area contributed by atoms with Crippen molar-refractivity contribution < 1.29 is 14.6 Å². The molecule has 0 radical (unpaired) electrons. The minimum absolute atomic E-state index is 0.223. The van der Waals surface area contributed by atoms with E-state index in [0.717, 1.165) is 38.5 Å². The fourth-order valence-corrected chi connectivity index (χ4v) is 2.37. The van der Waals surface area contributed by atoms with Gasteiger partial charge in [0.15, 0.2) is 0 Å². The molecule has 0 saturated heterocycles. The first-order chi connectivity index (χ1) is 13.7. The van der Waals surface area contributed by atoms with Crippen LogP contribution in [0.5, 0.6) is 0 Å². The van der Waals surface area contributed by atoms with E-state index >= 15 is 0 Å². The third kappa shape index (κ3) is 22.2. The van der Waals surface area contributed by atoms with Crippen molar-refractivity contribution in [2.75, 3.05) is 13.2 Å². The maximum absolute atomic E-state index is 11.3. The Kier molecular flexibility index (Phi) is 20.1. The smallest absolute Gasteiger partial charge is 0.407 e. The summed E-state index contributed by atoms with van der Waals surface area (Å²) >= 11 is 0. The molecule has 1 atom stereocenters. The van der Waals surface area contributed by atoms with Crippen LogP contribution in [-0.4, -0.2) is 30.5 Å². The lowest BCUT2D eigenvalue weighted by atomic mass is 10.2. The molecule has 0 unspecified atom stereocenters. The van der Waals surface area contributed by atoms with Gasteiger partial charge < -0.3 is 15.2 Å². The number of hydrogen-bond donors (Lipinski definition) is 2. The highest BCUT2D eigenvalue weighted by atomic mass is 16.5. The van der Waals surface area contributed by atoms with Gasteiger partial charge in [0.2, 0.25) is 0 Å². The van der Waals surface area contributed by atoms with Crippen LogP contribution in [-0.2, 0) is 4.74 Å². The van der Waals surface area contributed by atoms with Crippen molar-refractivity contribution in [1.82, 2.24) is 5.32 Å². The lowest BCUT2D eigenvalue weighted by Gasteiger charge is -2.07. The van der Waals surface area contributed by atoms with Gasteiger partial charge >= 0.3 is 6.09 Å². The summed E-state index contributed by atoms with van der Waals surface area (Å²) in [6.45, 7) is 4.49. The zero-order valence-corrected chi connectivity index (χ0v) is 17.9. The van der Waals surface area contributed by atoms with Gasteiger partial charge in [0, 0.05) is 6.54 Å². The molecular formula is C24H41NO3. The molecule has 0 rings (SSSR count). The molecule has 1 amide bonds. The molecule has 4 heteroatoms. The van der Waals surface area contributed by atoms with E-state index in [4.69, 9.17) is 9.84 Å². The maximum Gasteiger partial charge on any atom is 0.407 e. The number of hydrogen-bond acceptors (Lipinski definition) is 3. The molecule has 0 aromatic carbocycles. The van der Waals surface area contributed by atoms with Crippen LogP contribution < -0.4 is 5.32 Å². The fraction of sp³-hybridized carbons (Fsp3) is 0.625. The first kappa shape index (κ1) is 26.2. The van der Waals surface area contributed by atoms with Crippen LogP contribution in [0.2, 0.25) is 0 Å². The minimum Gasteiger partial charge on any atom is -0.450 e. The Labute approximate surface area is 172 Å². The van der Waals surface area contributed by atoms with E-state index in [0.29, 0.717) is 6.61 Å². The van der Waals surface area contributed by atoms with Gasteiger partial charge in [-0.1, -0.05) is 68.4 Å². The topological polar surface area (TPSA) is 58.6 Å². The summed E-state index contributed by atoms with van der Waals surface area (Å²) in [5.41, 5.74) is 0. The Morgan fingerprint density at radius 1 is 0.857 bits per heavy atom. The van der Waals surface area contributed by atoms with Crippen molar-refractivity contribution >= 4 is 6.09 Å². The summed E-state index contributed by atoms with van der Waals surface area (Å²) in [7, 11) is 0. The van der Waals surface area contributed by atoms with E-state index in [-0.39, 0.29) is 6.54 Å². The first-order valence-corrected chi connectivity index (χ1v) is 10.9. The largest absolute Gasteiger partial charge is 0.450 e. The summed E-state index contributed by atoms with van der Waals surface area (Å²) in [6, 6.07) is 0. The number of ether oxygens (including phenoxy) is 1. The predicted octanol–water partition coefficient (Wildman–Crippen LogP) is 6.24. The van der Waals surface area contributed by atoms with Crippen LogP contribution in [0, 0.1) is 0 Å². The molecule has 0 aliphatic carbocycles. The quantitative estimate of drug-likeness (QED) is 0.228. The number of allylic oxidation sites excluding steroid dienone is 8. The summed E-state index contributed by atoms with van der Waals surface area (Å²) in [6.07, 6.45) is 27.7. The van der Waals surface area contributed by atoms with Crippen LogP contribution in [0.25, 0.3) is 0 Å². The highest BCUT2D eigenvalue weighted by Crippen LogP contribution is 2.01. The molecule has 28 heavy (non-hydrogen) atoms. The number of aliphatic hydroxyl groups is 1. The lowest BCUT2D eigenvalue weighted by Crippen LogP contribution is -2.31. The van der Waals surface area contributed by atoms with Gasteiger partial charge in [-0.2, -0.15) is 0 Å². The molecule has 4 nitrogen and oxygen atoms in total. The number of unbranched alkanes of at least 4 members (excludes halogenated alkanes) is 5. The minimum atomic E-state index is -0.551. The van der Waals surface area contributed by atoms with Crippen LogP contribution in [0.15, 0.2) is 48.6 Å². The van der Waals surface area contributed by atoms with Gasteiger partial charge in [0.25, 0.3) is 0 Å². The van der Waals surface area contributed by atoms with E-state index < -0.39 is 12.2 Å². The van der Waals surface area contributed by atoms with Crippen molar-refractivity contribution in [3.05, 3.63) is 48.6 Å². The molecule has 0 bridgehead atoms. The van der Waals surface area contributed by atoms with Gasteiger partial charge in [-0.3, -0.25) is 0 Å². The summed E-state index contributed by atoms with van der Waals surface area (Å²) in [5.74, 6) is 0. The van der Waals surface area contributed by atoms with Gasteiger partial charge in [-0.25, -0.2) is 4.79 Å². The average Bonchev–Trinajstić information content (AvgIpc) is 2.68. The maximum atomic E-state index is 11.3. The van der Waals surface area contributed by atoms with E-state index in [1.807, 2.05) is 0 Å². The van der Waals surface area contributed by atoms with Crippen molar-refractivity contribution in [1.29, 1.82) is 0 Å². The molecule has 0 aromatic heterocycles. The van der Waals surface area contributed by atoms with E-state index in [1.54, 1.807) is 6.92 Å². The Hall–Kier alpha value is -1.81. The molecule has 0 spiro atoms. The lowest BCUT2D eigenvalue weighted by molar-refractivity contribution is 0.133. The number of rotatable bonds is 17. The summed E-state index contributed by atoms with van der Waals surface area (Å²) in [5, 5.41) is 11.5. The van der Waals surface area contributed by atoms with Crippen molar-refractivity contribution in [3.8, 4) is 0 Å². The van der Waals surface area contributed by atoms with Gasteiger partial charge in [0.05, 0.1) is 12.7 Å². The van der Waals surface area contributed by atoms with E-state index in [2.05, 4.69) is 60.8 Å². The molecule has 2 N–H and O–H groups in total. The third-order valence-electron chi connectivity index (χ3n) is 4.00. The van der Waals surface area contributed by atoms with Crippen molar-refractivity contribution in [3.63, 3.8) is 0 Å². The number of aliphatic hydroxyl groups excluding tert-OH is 1. The molecule has 0 saturated carbocycles. The predicted molar refractivity (Wildman–Crippen MR) is 119 cm³/mol. The Morgan fingerprint density at radius 2 is 1.36 bits per heavy atom. The van der Waals surface area contributed by atoms with Gasteiger partial charge in [0.1, 0.15) is 0 Å². The Morgan fingerprint density at radius 3 is 1.86 bits per heavy atom. The monoisotopic (exact) mass is 391 g/mol. The second-order valence-corrected chi connectivity index (χ2v) is 6.95. The molecule has 160 valence electrons. The standard InChI is InChI=1S/C24H41NO3/c1-3-4-5-6-7-8-9-10-11-12-13-14-15-16-17-18-19-20-21-28-24(27)25-22-23(2)26/h7-8,10-11,13-14,16-17,23,26H,3-6,9,12,15,18-22H2,1-2H3,(H,25,27)/b8-7-,11-10-,14-13-,17-16-/t23-/m1/s1. The molecular weight excluding hydrogens is 350 g/mol. The van der Waals surface area contributed by atoms with Crippen molar-refractivity contribution in [2.24, 2.45) is 0 Å². The van der Waals surface area contributed by atoms with E-state index in [1.165, 1.54) is 25.7 Å². The van der Waals surface area contributed by atoms with Crippen LogP contribution in [0.4, 0.5) is 4.79 Å². The third-order valence-corrected chi connectivity index (χ3v) is 4.00. The summed E-state index contributed by atoms with van der Waals surface area (Å²) in [4.78, 5) is 11.3. The van der Waals surface area contributed by atoms with Crippen LogP contribution in [0.3, 0.4) is 0 Å². The fourth-order valence-electron chi connectivity index (χ4n) is 2.37. The van der Waals surface area contributed by atoms with E-state index in [9.17, 15) is 4.79 Å². The normalized spacial score (nSPS) is 13.2. The Bertz CT molecular complexity index is 464. The highest BCUT2D eigenvalue weighted by Gasteiger charge is 2.02. The zero-order chi connectivity index (χ0) is 20.7. The SMILES string of the molecule is CCCCC/C=C\C/C=C\C/C=C\C/C=C\CCCCOC(=O)NC[C@@H](C)O. The van der Waals surface area contributed by atoms with Gasteiger partial charge in [-0.05, 0) is 58.3 Å². The number of carbonyl (C=O) groups is 1. The number of alkyl carbamates (subject to hydrolysis) is 1. The highest BCUT2D eigenvalue weighted by molar-refractivity contribution is 5.67. The second kappa shape index (κ2) is 21.5. The molecule has 0 aromatic rings. The second-order valence-electron chi connectivity index (χ2n) is 6.95. The van der Waals surface area contributed by atoms with Crippen LogP contribution in [0.1, 0.15) is 78.1 Å². The number of nitrogens with one attached hydrogen (secondary N) is 1. The van der Waals surface area contributed by atoms with Gasteiger partial charge in [-0.15, -0.1) is 0 Å². The zero-order valence-electron chi connectivity index (χ0n) is 17.9. The number of amides is 1. The van der Waals surface area contributed by atoms with Crippen LogP contribution >= 0.6 is 0 Å². The average molecular weight is 392 g/mol. The molecule has 0 aliphatic rings. The molecule has 0 fully saturated rings. The number of carbonyl (C=O) groups excluding carboxylic acids is 1. The van der Waals surface area contributed by atoms with Crippen molar-refractivity contribution in [2.45, 2.75) is 84.2 Å². The molecule has 0 heterocycles. The Balaban J connectivity index is 3.42.